The molecule has 126 valence electrons. The number of halogens is 2. The average Bonchev–Trinajstić information content (AvgIpc) is 2.47. The molecule has 0 aliphatic heterocycles. The molecule has 23 heavy (non-hydrogen) atoms. The minimum Gasteiger partial charge on any atom is -0.465 e. The van der Waals surface area contributed by atoms with Crippen LogP contribution in [-0.4, -0.2) is 37.5 Å². The fourth-order valence-corrected chi connectivity index (χ4v) is 1.75. The fraction of sp³-hybridized carbons (Fsp3) is 0.400. The zero-order valence-electron chi connectivity index (χ0n) is 12.6. The number of benzene rings is 1. The second-order valence-electron chi connectivity index (χ2n) is 4.21. The molecule has 1 rings (SSSR count). The van der Waals surface area contributed by atoms with Gasteiger partial charge in [0.2, 0.25) is 5.92 Å². The standard InChI is InChI=1S/C15H16F2O6/c1-3-21-13(19)11(14(20)22-4-2)12(18)9-6-5-7-10(8-9)23-15(16)17/h5-8,11,15H,3-4H2,1-2H3. The minimum atomic E-state index is -3.06. The third-order valence-corrected chi connectivity index (χ3v) is 2.65. The van der Waals surface area contributed by atoms with Gasteiger partial charge < -0.3 is 14.2 Å². The lowest BCUT2D eigenvalue weighted by molar-refractivity contribution is -0.158. The van der Waals surface area contributed by atoms with Gasteiger partial charge in [-0.05, 0) is 26.0 Å². The summed E-state index contributed by atoms with van der Waals surface area (Å²) in [4.78, 5) is 36.1. The number of carbonyl (C=O) groups excluding carboxylic acids is 3. The molecule has 1 aromatic rings. The van der Waals surface area contributed by atoms with Crippen LogP contribution >= 0.6 is 0 Å². The molecule has 0 aliphatic carbocycles. The molecule has 6 nitrogen and oxygen atoms in total. The molecule has 0 bridgehead atoms. The lowest BCUT2D eigenvalue weighted by atomic mass is 9.97. The van der Waals surface area contributed by atoms with Gasteiger partial charge in [-0.1, -0.05) is 12.1 Å². The van der Waals surface area contributed by atoms with Crippen molar-refractivity contribution in [1.82, 2.24) is 0 Å². The molecule has 0 unspecified atom stereocenters. The van der Waals surface area contributed by atoms with Crippen molar-refractivity contribution in [3.05, 3.63) is 29.8 Å². The maximum Gasteiger partial charge on any atom is 0.387 e. The molecule has 0 amide bonds. The Labute approximate surface area is 131 Å². The van der Waals surface area contributed by atoms with E-state index in [-0.39, 0.29) is 24.5 Å². The molecule has 0 atom stereocenters. The van der Waals surface area contributed by atoms with Crippen molar-refractivity contribution in [2.24, 2.45) is 5.92 Å². The molecule has 0 aromatic heterocycles. The number of hydrogen-bond acceptors (Lipinski definition) is 6. The number of esters is 2. The van der Waals surface area contributed by atoms with Crippen LogP contribution < -0.4 is 4.74 Å². The van der Waals surface area contributed by atoms with Crippen molar-refractivity contribution < 1.29 is 37.4 Å². The van der Waals surface area contributed by atoms with E-state index in [4.69, 9.17) is 9.47 Å². The molecule has 0 saturated heterocycles. The van der Waals surface area contributed by atoms with E-state index < -0.39 is 30.3 Å². The highest BCUT2D eigenvalue weighted by Crippen LogP contribution is 2.20. The molecule has 0 fully saturated rings. The van der Waals surface area contributed by atoms with E-state index in [9.17, 15) is 23.2 Å². The molecule has 0 N–H and O–H groups in total. The number of rotatable bonds is 8. The van der Waals surface area contributed by atoms with Gasteiger partial charge in [0, 0.05) is 5.56 Å². The maximum atomic E-state index is 12.4. The van der Waals surface area contributed by atoms with E-state index in [1.807, 2.05) is 0 Å². The van der Waals surface area contributed by atoms with Gasteiger partial charge in [-0.2, -0.15) is 8.78 Å². The van der Waals surface area contributed by atoms with Crippen LogP contribution in [0, 0.1) is 5.92 Å². The fourth-order valence-electron chi connectivity index (χ4n) is 1.75. The van der Waals surface area contributed by atoms with Gasteiger partial charge in [-0.3, -0.25) is 14.4 Å². The average molecular weight is 330 g/mol. The molecule has 0 radical (unpaired) electrons. The summed E-state index contributed by atoms with van der Waals surface area (Å²) in [5, 5.41) is 0. The summed E-state index contributed by atoms with van der Waals surface area (Å²) in [6.07, 6.45) is 0. The highest BCUT2D eigenvalue weighted by Gasteiger charge is 2.37. The lowest BCUT2D eigenvalue weighted by Gasteiger charge is -2.14. The second kappa shape index (κ2) is 8.82. The third kappa shape index (κ3) is 5.32. The van der Waals surface area contributed by atoms with Crippen LogP contribution in [0.4, 0.5) is 8.78 Å². The van der Waals surface area contributed by atoms with Crippen molar-refractivity contribution in [1.29, 1.82) is 0 Å². The van der Waals surface area contributed by atoms with Gasteiger partial charge in [0.15, 0.2) is 5.78 Å². The van der Waals surface area contributed by atoms with E-state index in [1.54, 1.807) is 0 Å². The van der Waals surface area contributed by atoms with Gasteiger partial charge in [0.1, 0.15) is 5.75 Å². The normalized spacial score (nSPS) is 10.5. The Morgan fingerprint density at radius 1 is 1.04 bits per heavy atom. The van der Waals surface area contributed by atoms with Gasteiger partial charge in [0.25, 0.3) is 0 Å². The Morgan fingerprint density at radius 3 is 2.09 bits per heavy atom. The summed E-state index contributed by atoms with van der Waals surface area (Å²) < 4.78 is 38.0. The first kappa shape index (κ1) is 18.5. The third-order valence-electron chi connectivity index (χ3n) is 2.65. The Balaban J connectivity index is 3.08. The van der Waals surface area contributed by atoms with E-state index in [0.717, 1.165) is 6.07 Å². The molecule has 0 aliphatic rings. The van der Waals surface area contributed by atoms with Gasteiger partial charge in [-0.25, -0.2) is 0 Å². The summed E-state index contributed by atoms with van der Waals surface area (Å²) in [6, 6.07) is 4.79. The summed E-state index contributed by atoms with van der Waals surface area (Å²) in [7, 11) is 0. The zero-order valence-corrected chi connectivity index (χ0v) is 12.6. The SMILES string of the molecule is CCOC(=O)C(C(=O)OCC)C(=O)c1cccc(OC(F)F)c1. The first-order chi connectivity index (χ1) is 10.9. The highest BCUT2D eigenvalue weighted by molar-refractivity contribution is 6.20. The molecular weight excluding hydrogens is 314 g/mol. The predicted molar refractivity (Wildman–Crippen MR) is 74.2 cm³/mol. The van der Waals surface area contributed by atoms with Crippen molar-refractivity contribution in [2.75, 3.05) is 13.2 Å². The quantitative estimate of drug-likeness (QED) is 0.413. The number of ether oxygens (including phenoxy) is 3. The molecule has 8 heteroatoms. The van der Waals surface area contributed by atoms with Crippen molar-refractivity contribution >= 4 is 17.7 Å². The van der Waals surface area contributed by atoms with Gasteiger partial charge in [0.05, 0.1) is 13.2 Å². The topological polar surface area (TPSA) is 78.9 Å². The summed E-state index contributed by atoms with van der Waals surface area (Å²) in [5.74, 6) is -5.11. The zero-order chi connectivity index (χ0) is 17.4. The Morgan fingerprint density at radius 2 is 1.61 bits per heavy atom. The van der Waals surface area contributed by atoms with Crippen LogP contribution in [0.3, 0.4) is 0 Å². The van der Waals surface area contributed by atoms with Crippen LogP contribution in [0.2, 0.25) is 0 Å². The van der Waals surface area contributed by atoms with E-state index >= 15 is 0 Å². The number of ketones is 1. The van der Waals surface area contributed by atoms with Crippen LogP contribution in [0.15, 0.2) is 24.3 Å². The summed E-state index contributed by atoms with van der Waals surface area (Å²) in [6.45, 7) is -0.0949. The van der Waals surface area contributed by atoms with Crippen molar-refractivity contribution in [3.8, 4) is 5.75 Å². The lowest BCUT2D eigenvalue weighted by Crippen LogP contribution is -2.35. The van der Waals surface area contributed by atoms with Gasteiger partial charge >= 0.3 is 18.6 Å². The monoisotopic (exact) mass is 330 g/mol. The maximum absolute atomic E-state index is 12.4. The summed E-state index contributed by atoms with van der Waals surface area (Å²) >= 11 is 0. The van der Waals surface area contributed by atoms with E-state index in [0.29, 0.717) is 0 Å². The molecule has 0 saturated carbocycles. The van der Waals surface area contributed by atoms with Crippen molar-refractivity contribution in [2.45, 2.75) is 20.5 Å². The molecular formula is C15H16F2O6. The Hall–Kier alpha value is -2.51. The van der Waals surface area contributed by atoms with E-state index in [2.05, 4.69) is 4.74 Å². The number of Topliss-reactive ketones (excluding diaryl/α,β-unsaturated/α-hetero) is 1. The largest absolute Gasteiger partial charge is 0.465 e. The van der Waals surface area contributed by atoms with E-state index in [1.165, 1.54) is 32.0 Å². The van der Waals surface area contributed by atoms with Crippen LogP contribution in [0.1, 0.15) is 24.2 Å². The van der Waals surface area contributed by atoms with Crippen LogP contribution in [-0.2, 0) is 19.1 Å². The number of hydrogen-bond donors (Lipinski definition) is 0. The smallest absolute Gasteiger partial charge is 0.387 e. The Bertz CT molecular complexity index is 555. The van der Waals surface area contributed by atoms with Crippen molar-refractivity contribution in [3.63, 3.8) is 0 Å². The molecule has 0 heterocycles. The van der Waals surface area contributed by atoms with Gasteiger partial charge in [-0.15, -0.1) is 0 Å². The minimum absolute atomic E-state index is 0.0312. The summed E-state index contributed by atoms with van der Waals surface area (Å²) in [5.41, 5.74) is -0.144. The Kier molecular flexibility index (Phi) is 7.11. The first-order valence-electron chi connectivity index (χ1n) is 6.83. The first-order valence-corrected chi connectivity index (χ1v) is 6.83. The molecule has 1 aromatic carbocycles. The highest BCUT2D eigenvalue weighted by atomic mass is 19.3. The number of alkyl halides is 2. The number of carbonyl (C=O) groups is 3. The van der Waals surface area contributed by atoms with Crippen LogP contribution in [0.25, 0.3) is 0 Å². The van der Waals surface area contributed by atoms with Crippen LogP contribution in [0.5, 0.6) is 5.75 Å². The predicted octanol–water partition coefficient (Wildman–Crippen LogP) is 2.21. The molecule has 0 spiro atoms. The second-order valence-corrected chi connectivity index (χ2v) is 4.21.